The summed E-state index contributed by atoms with van der Waals surface area (Å²) in [5.41, 5.74) is 6.05. The molecule has 0 spiro atoms. The number of rotatable bonds is 3. The first-order valence-corrected chi connectivity index (χ1v) is 5.02. The monoisotopic (exact) mass is 170 g/mol. The molecule has 0 bridgehead atoms. The van der Waals surface area contributed by atoms with E-state index in [-0.39, 0.29) is 0 Å². The summed E-state index contributed by atoms with van der Waals surface area (Å²) >= 11 is 0. The second-order valence-electron chi connectivity index (χ2n) is 4.74. The normalized spacial score (nSPS) is 30.5. The third-order valence-electron chi connectivity index (χ3n) is 3.10. The van der Waals surface area contributed by atoms with E-state index in [1.807, 2.05) is 0 Å². The lowest BCUT2D eigenvalue weighted by molar-refractivity contribution is 0.267. The van der Waals surface area contributed by atoms with Crippen molar-refractivity contribution >= 4 is 0 Å². The van der Waals surface area contributed by atoms with Crippen LogP contribution in [0.5, 0.6) is 0 Å². The van der Waals surface area contributed by atoms with Gasteiger partial charge < -0.3 is 11.1 Å². The van der Waals surface area contributed by atoms with E-state index in [1.54, 1.807) is 0 Å². The fourth-order valence-electron chi connectivity index (χ4n) is 2.05. The molecule has 0 aromatic rings. The van der Waals surface area contributed by atoms with Crippen molar-refractivity contribution in [3.8, 4) is 0 Å². The lowest BCUT2D eigenvalue weighted by Gasteiger charge is -2.30. The fourth-order valence-corrected chi connectivity index (χ4v) is 2.05. The lowest BCUT2D eigenvalue weighted by atomic mass is 9.87. The highest BCUT2D eigenvalue weighted by atomic mass is 15.0. The Hall–Kier alpha value is -0.0800. The van der Waals surface area contributed by atoms with Gasteiger partial charge in [0.2, 0.25) is 0 Å². The van der Waals surface area contributed by atoms with Crippen LogP contribution >= 0.6 is 0 Å². The van der Waals surface area contributed by atoms with Crippen molar-refractivity contribution in [1.29, 1.82) is 0 Å². The van der Waals surface area contributed by atoms with Gasteiger partial charge in [-0.15, -0.1) is 0 Å². The van der Waals surface area contributed by atoms with Crippen LogP contribution in [0.3, 0.4) is 0 Å². The SMILES string of the molecule is CC(CN)NC1CCCC1(C)C. The van der Waals surface area contributed by atoms with Crippen LogP contribution < -0.4 is 11.1 Å². The molecule has 1 saturated carbocycles. The minimum atomic E-state index is 0.465. The average Bonchev–Trinajstić information content (AvgIpc) is 2.31. The smallest absolute Gasteiger partial charge is 0.0164 e. The highest BCUT2D eigenvalue weighted by molar-refractivity contribution is 4.91. The quantitative estimate of drug-likeness (QED) is 0.673. The summed E-state index contributed by atoms with van der Waals surface area (Å²) in [5, 5.41) is 3.59. The Morgan fingerprint density at radius 1 is 1.58 bits per heavy atom. The van der Waals surface area contributed by atoms with Gasteiger partial charge in [0.05, 0.1) is 0 Å². The summed E-state index contributed by atoms with van der Waals surface area (Å²) < 4.78 is 0. The van der Waals surface area contributed by atoms with Crippen molar-refractivity contribution in [1.82, 2.24) is 5.32 Å². The average molecular weight is 170 g/mol. The van der Waals surface area contributed by atoms with Gasteiger partial charge in [0.15, 0.2) is 0 Å². The molecule has 1 aliphatic carbocycles. The van der Waals surface area contributed by atoms with E-state index >= 15 is 0 Å². The van der Waals surface area contributed by atoms with E-state index in [9.17, 15) is 0 Å². The summed E-state index contributed by atoms with van der Waals surface area (Å²) in [4.78, 5) is 0. The van der Waals surface area contributed by atoms with Gasteiger partial charge in [-0.3, -0.25) is 0 Å². The topological polar surface area (TPSA) is 38.0 Å². The van der Waals surface area contributed by atoms with Gasteiger partial charge in [-0.1, -0.05) is 20.3 Å². The van der Waals surface area contributed by atoms with E-state index < -0.39 is 0 Å². The van der Waals surface area contributed by atoms with Gasteiger partial charge in [-0.25, -0.2) is 0 Å². The minimum absolute atomic E-state index is 0.465. The molecule has 3 N–H and O–H groups in total. The van der Waals surface area contributed by atoms with Gasteiger partial charge >= 0.3 is 0 Å². The maximum atomic E-state index is 5.58. The molecule has 2 heteroatoms. The maximum Gasteiger partial charge on any atom is 0.0164 e. The molecule has 0 aliphatic heterocycles. The number of hydrogen-bond donors (Lipinski definition) is 2. The van der Waals surface area contributed by atoms with Crippen LogP contribution in [0, 0.1) is 5.41 Å². The summed E-state index contributed by atoms with van der Waals surface area (Å²) in [6, 6.07) is 1.14. The molecular formula is C10H22N2. The minimum Gasteiger partial charge on any atom is -0.329 e. The molecule has 1 aliphatic rings. The standard InChI is InChI=1S/C10H22N2/c1-8(7-11)12-9-5-4-6-10(9,2)3/h8-9,12H,4-7,11H2,1-3H3. The molecule has 12 heavy (non-hydrogen) atoms. The van der Waals surface area contributed by atoms with Gasteiger partial charge in [-0.05, 0) is 25.2 Å². The molecule has 0 radical (unpaired) electrons. The van der Waals surface area contributed by atoms with Crippen molar-refractivity contribution in [2.45, 2.75) is 52.1 Å². The van der Waals surface area contributed by atoms with Crippen molar-refractivity contribution in [2.75, 3.05) is 6.54 Å². The highest BCUT2D eigenvalue weighted by Crippen LogP contribution is 2.37. The van der Waals surface area contributed by atoms with E-state index in [1.165, 1.54) is 19.3 Å². The highest BCUT2D eigenvalue weighted by Gasteiger charge is 2.34. The Bertz CT molecular complexity index is 143. The Balaban J connectivity index is 2.41. The Labute approximate surface area is 75.9 Å². The molecule has 2 nitrogen and oxygen atoms in total. The Kier molecular flexibility index (Phi) is 3.13. The van der Waals surface area contributed by atoms with Crippen molar-refractivity contribution < 1.29 is 0 Å². The molecular weight excluding hydrogens is 148 g/mol. The molecule has 0 heterocycles. The van der Waals surface area contributed by atoms with Gasteiger partial charge in [-0.2, -0.15) is 0 Å². The van der Waals surface area contributed by atoms with Crippen LogP contribution in [0.15, 0.2) is 0 Å². The fraction of sp³-hybridized carbons (Fsp3) is 1.00. The van der Waals surface area contributed by atoms with Crippen LogP contribution in [0.4, 0.5) is 0 Å². The zero-order valence-electron chi connectivity index (χ0n) is 8.56. The van der Waals surface area contributed by atoms with E-state index in [2.05, 4.69) is 26.1 Å². The molecule has 0 aromatic carbocycles. The molecule has 1 fully saturated rings. The molecule has 2 atom stereocenters. The summed E-state index contributed by atoms with van der Waals surface area (Å²) in [6.45, 7) is 7.60. The zero-order chi connectivity index (χ0) is 9.19. The van der Waals surface area contributed by atoms with E-state index in [0.717, 1.165) is 6.54 Å². The van der Waals surface area contributed by atoms with Crippen LogP contribution in [-0.4, -0.2) is 18.6 Å². The maximum absolute atomic E-state index is 5.58. The van der Waals surface area contributed by atoms with Gasteiger partial charge in [0, 0.05) is 18.6 Å². The summed E-state index contributed by atoms with van der Waals surface area (Å²) in [7, 11) is 0. The number of nitrogens with two attached hydrogens (primary N) is 1. The first kappa shape index (κ1) is 10.0. The summed E-state index contributed by atoms with van der Waals surface area (Å²) in [6.07, 6.45) is 4.03. The van der Waals surface area contributed by atoms with E-state index in [0.29, 0.717) is 17.5 Å². The van der Waals surface area contributed by atoms with E-state index in [4.69, 9.17) is 5.73 Å². The number of hydrogen-bond acceptors (Lipinski definition) is 2. The molecule has 1 rings (SSSR count). The predicted octanol–water partition coefficient (Wildman–Crippen LogP) is 1.50. The van der Waals surface area contributed by atoms with Crippen LogP contribution in [-0.2, 0) is 0 Å². The first-order chi connectivity index (χ1) is 5.56. The summed E-state index contributed by atoms with van der Waals surface area (Å²) in [5.74, 6) is 0. The number of nitrogens with one attached hydrogen (secondary N) is 1. The molecule has 0 saturated heterocycles. The predicted molar refractivity (Wildman–Crippen MR) is 53.1 cm³/mol. The zero-order valence-corrected chi connectivity index (χ0v) is 8.56. The third kappa shape index (κ3) is 2.20. The second kappa shape index (κ2) is 3.75. The molecule has 0 amide bonds. The molecule has 0 aromatic heterocycles. The van der Waals surface area contributed by atoms with Crippen LogP contribution in [0.1, 0.15) is 40.0 Å². The largest absolute Gasteiger partial charge is 0.329 e. The Morgan fingerprint density at radius 2 is 2.25 bits per heavy atom. The Morgan fingerprint density at radius 3 is 2.67 bits per heavy atom. The lowest BCUT2D eigenvalue weighted by Crippen LogP contribution is -2.45. The van der Waals surface area contributed by atoms with Crippen molar-refractivity contribution in [2.24, 2.45) is 11.1 Å². The second-order valence-corrected chi connectivity index (χ2v) is 4.74. The molecule has 2 unspecified atom stereocenters. The molecule has 72 valence electrons. The first-order valence-electron chi connectivity index (χ1n) is 5.02. The van der Waals surface area contributed by atoms with Crippen molar-refractivity contribution in [3.05, 3.63) is 0 Å². The van der Waals surface area contributed by atoms with Crippen molar-refractivity contribution in [3.63, 3.8) is 0 Å². The third-order valence-corrected chi connectivity index (χ3v) is 3.10. The van der Waals surface area contributed by atoms with Gasteiger partial charge in [0.1, 0.15) is 0 Å². The van der Waals surface area contributed by atoms with Crippen LogP contribution in [0.2, 0.25) is 0 Å². The van der Waals surface area contributed by atoms with Gasteiger partial charge in [0.25, 0.3) is 0 Å². The van der Waals surface area contributed by atoms with Crippen LogP contribution in [0.25, 0.3) is 0 Å².